The molecule has 0 heterocycles. The summed E-state index contributed by atoms with van der Waals surface area (Å²) in [4.78, 5) is 0.198. The monoisotopic (exact) mass is 312 g/mol. The Morgan fingerprint density at radius 2 is 2.10 bits per heavy atom. The summed E-state index contributed by atoms with van der Waals surface area (Å²) >= 11 is 0. The van der Waals surface area contributed by atoms with Crippen LogP contribution in [0.2, 0.25) is 0 Å². The van der Waals surface area contributed by atoms with Gasteiger partial charge in [-0.15, -0.1) is 6.58 Å². The van der Waals surface area contributed by atoms with Crippen LogP contribution in [-0.2, 0) is 16.6 Å². The van der Waals surface area contributed by atoms with Gasteiger partial charge in [-0.05, 0) is 24.2 Å². The third kappa shape index (κ3) is 4.30. The summed E-state index contributed by atoms with van der Waals surface area (Å²) in [6.45, 7) is 9.52. The number of sulfonamides is 1. The van der Waals surface area contributed by atoms with Crippen LogP contribution in [0.15, 0.2) is 35.7 Å². The van der Waals surface area contributed by atoms with Gasteiger partial charge in [0, 0.05) is 19.6 Å². The largest absolute Gasteiger partial charge is 0.495 e. The van der Waals surface area contributed by atoms with E-state index >= 15 is 0 Å². The molecule has 0 fully saturated rings. The van der Waals surface area contributed by atoms with Crippen LogP contribution < -0.4 is 10.1 Å². The zero-order chi connectivity index (χ0) is 15.9. The van der Waals surface area contributed by atoms with E-state index in [-0.39, 0.29) is 11.4 Å². The quantitative estimate of drug-likeness (QED) is 0.709. The molecule has 0 aliphatic rings. The van der Waals surface area contributed by atoms with Crippen LogP contribution in [0.4, 0.5) is 0 Å². The Morgan fingerprint density at radius 1 is 1.38 bits per heavy atom. The van der Waals surface area contributed by atoms with E-state index in [1.54, 1.807) is 25.1 Å². The molecule has 0 atom stereocenters. The molecule has 6 heteroatoms. The first-order valence-electron chi connectivity index (χ1n) is 6.99. The molecule has 0 bridgehead atoms. The number of methoxy groups -OCH3 is 1. The van der Waals surface area contributed by atoms with Gasteiger partial charge < -0.3 is 10.1 Å². The fourth-order valence-electron chi connectivity index (χ4n) is 1.98. The lowest BCUT2D eigenvalue weighted by Gasteiger charge is -2.20. The Labute approximate surface area is 127 Å². The molecule has 5 nitrogen and oxygen atoms in total. The first-order valence-corrected chi connectivity index (χ1v) is 8.43. The maximum Gasteiger partial charge on any atom is 0.247 e. The Morgan fingerprint density at radius 3 is 2.62 bits per heavy atom. The Bertz CT molecular complexity index is 570. The van der Waals surface area contributed by atoms with Crippen LogP contribution in [0, 0.1) is 0 Å². The number of nitrogens with zero attached hydrogens (tertiary/aromatic N) is 1. The zero-order valence-corrected chi connectivity index (χ0v) is 13.7. The van der Waals surface area contributed by atoms with Gasteiger partial charge in [-0.3, -0.25) is 0 Å². The molecule has 0 aromatic heterocycles. The minimum Gasteiger partial charge on any atom is -0.495 e. The molecule has 0 saturated heterocycles. The van der Waals surface area contributed by atoms with Gasteiger partial charge in [-0.25, -0.2) is 8.42 Å². The third-order valence-electron chi connectivity index (χ3n) is 3.11. The molecule has 0 saturated carbocycles. The summed E-state index contributed by atoms with van der Waals surface area (Å²) in [5.74, 6) is 0.359. The molecule has 0 unspecified atom stereocenters. The second-order valence-corrected chi connectivity index (χ2v) is 6.42. The van der Waals surface area contributed by atoms with E-state index in [0.29, 0.717) is 18.8 Å². The van der Waals surface area contributed by atoms with Crippen molar-refractivity contribution >= 4 is 10.0 Å². The standard InChI is InChI=1S/C15H24N2O3S/c1-5-10-17(7-3)21(18,19)15-11-13(12-16-6-2)8-9-14(15)20-4/h5,8-9,11,16H,1,6-7,10,12H2,2-4H3. The van der Waals surface area contributed by atoms with Gasteiger partial charge in [0.2, 0.25) is 10.0 Å². The highest BCUT2D eigenvalue weighted by atomic mass is 32.2. The highest BCUT2D eigenvalue weighted by Crippen LogP contribution is 2.27. The lowest BCUT2D eigenvalue weighted by Crippen LogP contribution is -2.31. The van der Waals surface area contributed by atoms with E-state index in [2.05, 4.69) is 11.9 Å². The Kier molecular flexibility index (Phi) is 6.87. The normalized spacial score (nSPS) is 11.6. The van der Waals surface area contributed by atoms with Crippen molar-refractivity contribution in [2.24, 2.45) is 0 Å². The Hall–Kier alpha value is -1.37. The van der Waals surface area contributed by atoms with E-state index in [0.717, 1.165) is 12.1 Å². The minimum absolute atomic E-state index is 0.198. The van der Waals surface area contributed by atoms with Crippen molar-refractivity contribution in [3.05, 3.63) is 36.4 Å². The summed E-state index contributed by atoms with van der Waals surface area (Å²) < 4.78 is 32.1. The SMILES string of the molecule is C=CCN(CC)S(=O)(=O)c1cc(CNCC)ccc1OC. The van der Waals surface area contributed by atoms with E-state index in [9.17, 15) is 8.42 Å². The second-order valence-electron chi connectivity index (χ2n) is 4.51. The van der Waals surface area contributed by atoms with Crippen molar-refractivity contribution in [3.8, 4) is 5.75 Å². The van der Waals surface area contributed by atoms with Crippen molar-refractivity contribution < 1.29 is 13.2 Å². The average Bonchev–Trinajstić information content (AvgIpc) is 2.49. The molecular formula is C15H24N2O3S. The Balaban J connectivity index is 3.26. The number of nitrogens with one attached hydrogen (secondary N) is 1. The third-order valence-corrected chi connectivity index (χ3v) is 5.07. The summed E-state index contributed by atoms with van der Waals surface area (Å²) in [6.07, 6.45) is 1.58. The van der Waals surface area contributed by atoms with Crippen molar-refractivity contribution in [1.82, 2.24) is 9.62 Å². The molecule has 1 aromatic rings. The molecule has 0 radical (unpaired) electrons. The number of rotatable bonds is 9. The molecule has 0 aliphatic heterocycles. The molecule has 0 amide bonds. The molecule has 1 rings (SSSR count). The van der Waals surface area contributed by atoms with Crippen LogP contribution in [0.25, 0.3) is 0 Å². The van der Waals surface area contributed by atoms with Gasteiger partial charge in [0.1, 0.15) is 10.6 Å². The van der Waals surface area contributed by atoms with Crippen molar-refractivity contribution in [1.29, 1.82) is 0 Å². The van der Waals surface area contributed by atoms with Crippen molar-refractivity contribution in [2.45, 2.75) is 25.3 Å². The minimum atomic E-state index is -3.59. The summed E-state index contributed by atoms with van der Waals surface area (Å²) in [7, 11) is -2.12. The van der Waals surface area contributed by atoms with Gasteiger partial charge in [0.15, 0.2) is 0 Å². The number of hydrogen-bond donors (Lipinski definition) is 1. The number of likely N-dealkylation sites (N-methyl/N-ethyl adjacent to an activating group) is 1. The van der Waals surface area contributed by atoms with Crippen LogP contribution in [0.1, 0.15) is 19.4 Å². The highest BCUT2D eigenvalue weighted by Gasteiger charge is 2.26. The van der Waals surface area contributed by atoms with Gasteiger partial charge in [0.05, 0.1) is 7.11 Å². The molecule has 1 aromatic carbocycles. The van der Waals surface area contributed by atoms with Gasteiger partial charge in [0.25, 0.3) is 0 Å². The number of benzene rings is 1. The lowest BCUT2D eigenvalue weighted by atomic mass is 10.2. The molecule has 0 spiro atoms. The first kappa shape index (κ1) is 17.7. The number of hydrogen-bond acceptors (Lipinski definition) is 4. The van der Waals surface area contributed by atoms with Gasteiger partial charge in [-0.2, -0.15) is 4.31 Å². The number of ether oxygens (including phenoxy) is 1. The summed E-state index contributed by atoms with van der Waals surface area (Å²) in [6, 6.07) is 5.23. The smallest absolute Gasteiger partial charge is 0.247 e. The van der Waals surface area contributed by atoms with Gasteiger partial charge >= 0.3 is 0 Å². The van der Waals surface area contributed by atoms with E-state index < -0.39 is 10.0 Å². The lowest BCUT2D eigenvalue weighted by molar-refractivity contribution is 0.396. The van der Waals surface area contributed by atoms with Crippen molar-refractivity contribution in [3.63, 3.8) is 0 Å². The maximum absolute atomic E-state index is 12.7. The van der Waals surface area contributed by atoms with Crippen molar-refractivity contribution in [2.75, 3.05) is 26.7 Å². The topological polar surface area (TPSA) is 58.6 Å². The molecular weight excluding hydrogens is 288 g/mol. The van der Waals surface area contributed by atoms with Crippen LogP contribution in [0.5, 0.6) is 5.75 Å². The maximum atomic E-state index is 12.7. The van der Waals surface area contributed by atoms with Gasteiger partial charge in [-0.1, -0.05) is 26.0 Å². The summed E-state index contributed by atoms with van der Waals surface area (Å²) in [5, 5.41) is 3.18. The molecule has 1 N–H and O–H groups in total. The first-order chi connectivity index (χ1) is 10.0. The fraction of sp³-hybridized carbons (Fsp3) is 0.467. The van der Waals surface area contributed by atoms with Crippen LogP contribution >= 0.6 is 0 Å². The molecule has 118 valence electrons. The van der Waals surface area contributed by atoms with E-state index in [4.69, 9.17) is 4.74 Å². The van der Waals surface area contributed by atoms with Crippen LogP contribution in [0.3, 0.4) is 0 Å². The van der Waals surface area contributed by atoms with E-state index in [1.807, 2.05) is 13.0 Å². The van der Waals surface area contributed by atoms with Crippen LogP contribution in [-0.4, -0.2) is 39.5 Å². The molecule has 21 heavy (non-hydrogen) atoms. The van der Waals surface area contributed by atoms with E-state index in [1.165, 1.54) is 11.4 Å². The second kappa shape index (κ2) is 8.17. The fourth-order valence-corrected chi connectivity index (χ4v) is 3.61. The predicted octanol–water partition coefficient (Wildman–Crippen LogP) is 2.00. The highest BCUT2D eigenvalue weighted by molar-refractivity contribution is 7.89. The predicted molar refractivity (Wildman–Crippen MR) is 85.0 cm³/mol. The zero-order valence-electron chi connectivity index (χ0n) is 12.9. The summed E-state index contributed by atoms with van der Waals surface area (Å²) in [5.41, 5.74) is 0.908. The average molecular weight is 312 g/mol. The molecule has 0 aliphatic carbocycles.